The summed E-state index contributed by atoms with van der Waals surface area (Å²) in [6.45, 7) is 2.79. The number of nitrogens with zero attached hydrogens (tertiary/aromatic N) is 1. The summed E-state index contributed by atoms with van der Waals surface area (Å²) >= 11 is 12.3. The molecular formula is C20H19Cl2NO2. The minimum absolute atomic E-state index is 0.325. The Bertz CT molecular complexity index is 790. The molecule has 0 bridgehead atoms. The van der Waals surface area contributed by atoms with Gasteiger partial charge < -0.3 is 5.11 Å². The molecule has 25 heavy (non-hydrogen) atoms. The number of hydrogen-bond acceptors (Lipinski definition) is 2. The van der Waals surface area contributed by atoms with Gasteiger partial charge in [0.2, 0.25) is 0 Å². The molecule has 1 saturated heterocycles. The van der Waals surface area contributed by atoms with Crippen molar-refractivity contribution < 1.29 is 9.90 Å². The number of rotatable bonds is 4. The number of likely N-dealkylation sites (tertiary alicyclic amines) is 1. The second-order valence-corrected chi connectivity index (χ2v) is 7.09. The van der Waals surface area contributed by atoms with Crippen LogP contribution in [0.1, 0.15) is 34.3 Å². The van der Waals surface area contributed by atoms with Crippen LogP contribution in [0, 0.1) is 0 Å². The maximum Gasteiger partial charge on any atom is 0.335 e. The third-order valence-electron chi connectivity index (χ3n) is 4.42. The summed E-state index contributed by atoms with van der Waals surface area (Å²) < 4.78 is 0. The fourth-order valence-electron chi connectivity index (χ4n) is 3.00. The van der Waals surface area contributed by atoms with Gasteiger partial charge in [-0.05, 0) is 54.3 Å². The largest absolute Gasteiger partial charge is 0.478 e. The highest BCUT2D eigenvalue weighted by atomic mass is 35.5. The van der Waals surface area contributed by atoms with E-state index in [2.05, 4.69) is 11.0 Å². The Hall–Kier alpha value is -1.81. The van der Waals surface area contributed by atoms with Crippen molar-refractivity contribution in [2.75, 3.05) is 13.1 Å². The number of carbonyl (C=O) groups is 1. The van der Waals surface area contributed by atoms with Gasteiger partial charge in [0.15, 0.2) is 0 Å². The molecule has 0 spiro atoms. The van der Waals surface area contributed by atoms with E-state index >= 15 is 0 Å². The van der Waals surface area contributed by atoms with Crippen molar-refractivity contribution in [3.8, 4) is 0 Å². The predicted octanol–water partition coefficient (Wildman–Crippen LogP) is 5.37. The highest BCUT2D eigenvalue weighted by Gasteiger charge is 2.15. The van der Waals surface area contributed by atoms with Crippen LogP contribution >= 0.6 is 23.2 Å². The Labute approximate surface area is 157 Å². The second kappa shape index (κ2) is 8.05. The Balaban J connectivity index is 1.59. The molecule has 0 aliphatic carbocycles. The first kappa shape index (κ1) is 18.0. The van der Waals surface area contributed by atoms with Gasteiger partial charge in [-0.15, -0.1) is 0 Å². The molecule has 3 nitrogen and oxygen atoms in total. The molecule has 3 rings (SSSR count). The standard InChI is InChI=1S/C20H19Cl2NO2/c21-18-5-6-19(22)17(12-18)11-14-7-9-23(10-8-14)13-15-1-3-16(4-2-15)20(24)25/h1-6,11-12H,7-10,13H2,(H,24,25). The van der Waals surface area contributed by atoms with E-state index in [1.165, 1.54) is 5.57 Å². The van der Waals surface area contributed by atoms with Gasteiger partial charge in [-0.2, -0.15) is 0 Å². The second-order valence-electron chi connectivity index (χ2n) is 6.25. The normalized spacial score (nSPS) is 15.2. The number of carboxylic acid groups (broad SMARTS) is 1. The molecule has 2 aromatic rings. The lowest BCUT2D eigenvalue weighted by Gasteiger charge is -2.28. The van der Waals surface area contributed by atoms with Gasteiger partial charge in [0.05, 0.1) is 5.56 Å². The molecule has 0 saturated carbocycles. The highest BCUT2D eigenvalue weighted by Crippen LogP contribution is 2.26. The summed E-state index contributed by atoms with van der Waals surface area (Å²) in [6.07, 6.45) is 4.14. The number of aromatic carboxylic acids is 1. The van der Waals surface area contributed by atoms with Crippen LogP contribution in [0.5, 0.6) is 0 Å². The molecule has 1 aliphatic rings. The summed E-state index contributed by atoms with van der Waals surface area (Å²) in [7, 11) is 0. The van der Waals surface area contributed by atoms with Gasteiger partial charge in [-0.25, -0.2) is 4.79 Å². The van der Waals surface area contributed by atoms with E-state index in [1.807, 2.05) is 24.3 Å². The number of halogens is 2. The van der Waals surface area contributed by atoms with Gasteiger partial charge in [-0.1, -0.05) is 47.0 Å². The lowest BCUT2D eigenvalue weighted by Crippen LogP contribution is -2.30. The van der Waals surface area contributed by atoms with Crippen molar-refractivity contribution in [1.82, 2.24) is 4.90 Å². The summed E-state index contributed by atoms with van der Waals surface area (Å²) in [6, 6.07) is 12.6. The van der Waals surface area contributed by atoms with E-state index in [1.54, 1.807) is 18.2 Å². The number of piperidine rings is 1. The van der Waals surface area contributed by atoms with E-state index < -0.39 is 5.97 Å². The minimum atomic E-state index is -0.890. The lowest BCUT2D eigenvalue weighted by atomic mass is 10.00. The fraction of sp³-hybridized carbons (Fsp3) is 0.250. The highest BCUT2D eigenvalue weighted by molar-refractivity contribution is 6.34. The Morgan fingerprint density at radius 2 is 1.76 bits per heavy atom. The summed E-state index contributed by atoms with van der Waals surface area (Å²) in [5.41, 5.74) is 3.81. The zero-order valence-corrected chi connectivity index (χ0v) is 15.2. The van der Waals surface area contributed by atoms with Crippen LogP contribution in [0.3, 0.4) is 0 Å². The quantitative estimate of drug-likeness (QED) is 0.780. The van der Waals surface area contributed by atoms with Crippen molar-refractivity contribution in [1.29, 1.82) is 0 Å². The molecule has 2 aromatic carbocycles. The topological polar surface area (TPSA) is 40.5 Å². The molecule has 1 heterocycles. The van der Waals surface area contributed by atoms with Gasteiger partial charge in [-0.3, -0.25) is 4.90 Å². The smallest absolute Gasteiger partial charge is 0.335 e. The number of hydrogen-bond donors (Lipinski definition) is 1. The first-order chi connectivity index (χ1) is 12.0. The van der Waals surface area contributed by atoms with E-state index in [-0.39, 0.29) is 0 Å². The van der Waals surface area contributed by atoms with Crippen LogP contribution in [-0.4, -0.2) is 29.1 Å². The monoisotopic (exact) mass is 375 g/mol. The summed E-state index contributed by atoms with van der Waals surface area (Å²) in [4.78, 5) is 13.3. The molecular weight excluding hydrogens is 357 g/mol. The van der Waals surface area contributed by atoms with Crippen LogP contribution in [0.2, 0.25) is 10.0 Å². The molecule has 1 fully saturated rings. The van der Waals surface area contributed by atoms with E-state index in [0.717, 1.165) is 48.6 Å². The molecule has 0 radical (unpaired) electrons. The Morgan fingerprint density at radius 3 is 2.40 bits per heavy atom. The van der Waals surface area contributed by atoms with Crippen molar-refractivity contribution in [3.63, 3.8) is 0 Å². The molecule has 1 aliphatic heterocycles. The molecule has 0 amide bonds. The third kappa shape index (κ3) is 4.85. The van der Waals surface area contributed by atoms with E-state index in [4.69, 9.17) is 28.3 Å². The van der Waals surface area contributed by atoms with Crippen molar-refractivity contribution in [2.45, 2.75) is 19.4 Å². The van der Waals surface area contributed by atoms with Gasteiger partial charge >= 0.3 is 5.97 Å². The van der Waals surface area contributed by atoms with Crippen LogP contribution in [0.4, 0.5) is 0 Å². The van der Waals surface area contributed by atoms with Crippen LogP contribution in [-0.2, 0) is 6.54 Å². The van der Waals surface area contributed by atoms with Crippen LogP contribution in [0.15, 0.2) is 48.0 Å². The Kier molecular flexibility index (Phi) is 5.79. The van der Waals surface area contributed by atoms with Crippen LogP contribution in [0.25, 0.3) is 6.08 Å². The molecule has 1 N–H and O–H groups in total. The first-order valence-corrected chi connectivity index (χ1v) is 8.96. The van der Waals surface area contributed by atoms with Crippen LogP contribution < -0.4 is 0 Å². The number of benzene rings is 2. The summed E-state index contributed by atoms with van der Waals surface area (Å²) in [5, 5.41) is 10.4. The van der Waals surface area contributed by atoms with Crippen molar-refractivity contribution in [2.24, 2.45) is 0 Å². The maximum atomic E-state index is 10.9. The average Bonchev–Trinajstić information content (AvgIpc) is 2.60. The van der Waals surface area contributed by atoms with Crippen molar-refractivity contribution in [3.05, 3.63) is 74.8 Å². The van der Waals surface area contributed by atoms with Crippen molar-refractivity contribution >= 4 is 35.2 Å². The molecule has 0 atom stereocenters. The maximum absolute atomic E-state index is 10.9. The fourth-order valence-corrected chi connectivity index (χ4v) is 3.35. The zero-order valence-electron chi connectivity index (χ0n) is 13.7. The molecule has 0 aromatic heterocycles. The van der Waals surface area contributed by atoms with Gasteiger partial charge in [0.1, 0.15) is 0 Å². The predicted molar refractivity (Wildman–Crippen MR) is 102 cm³/mol. The Morgan fingerprint density at radius 1 is 1.08 bits per heavy atom. The summed E-state index contributed by atoms with van der Waals surface area (Å²) in [5.74, 6) is -0.890. The minimum Gasteiger partial charge on any atom is -0.478 e. The lowest BCUT2D eigenvalue weighted by molar-refractivity contribution is 0.0697. The SMILES string of the molecule is O=C(O)c1ccc(CN2CCC(=Cc3cc(Cl)ccc3Cl)CC2)cc1. The average molecular weight is 376 g/mol. The third-order valence-corrected chi connectivity index (χ3v) is 5.00. The molecule has 130 valence electrons. The van der Waals surface area contributed by atoms with Gasteiger partial charge in [0, 0.05) is 29.7 Å². The van der Waals surface area contributed by atoms with E-state index in [9.17, 15) is 4.79 Å². The zero-order chi connectivity index (χ0) is 17.8. The molecule has 5 heteroatoms. The molecule has 0 unspecified atom stereocenters. The van der Waals surface area contributed by atoms with E-state index in [0.29, 0.717) is 10.6 Å². The first-order valence-electron chi connectivity index (χ1n) is 8.20. The number of carboxylic acids is 1. The van der Waals surface area contributed by atoms with Gasteiger partial charge in [0.25, 0.3) is 0 Å².